The molecule has 0 aliphatic carbocycles. The molecule has 0 radical (unpaired) electrons. The van der Waals surface area contributed by atoms with Gasteiger partial charge in [0, 0.05) is 16.5 Å². The van der Waals surface area contributed by atoms with Gasteiger partial charge in [-0.3, -0.25) is 9.59 Å². The van der Waals surface area contributed by atoms with Gasteiger partial charge in [-0.05, 0) is 51.4 Å². The van der Waals surface area contributed by atoms with E-state index in [-0.39, 0.29) is 5.91 Å². The van der Waals surface area contributed by atoms with Crippen LogP contribution in [-0.4, -0.2) is 17.9 Å². The quantitative estimate of drug-likeness (QED) is 0.440. The van der Waals surface area contributed by atoms with Crippen molar-refractivity contribution in [2.75, 3.05) is 0 Å². The second kappa shape index (κ2) is 8.05. The van der Waals surface area contributed by atoms with Crippen molar-refractivity contribution < 1.29 is 9.59 Å². The van der Waals surface area contributed by atoms with Crippen LogP contribution in [0.3, 0.4) is 0 Å². The van der Waals surface area contributed by atoms with E-state index in [4.69, 9.17) is 5.73 Å². The summed E-state index contributed by atoms with van der Waals surface area (Å²) >= 11 is 3.36. The Balaban J connectivity index is 1.74. The Morgan fingerprint density at radius 2 is 1.48 bits per heavy atom. The summed E-state index contributed by atoms with van der Waals surface area (Å²) in [6.07, 6.45) is 0.316. The van der Waals surface area contributed by atoms with E-state index in [2.05, 4.69) is 27.3 Å². The lowest BCUT2D eigenvalue weighted by atomic mass is 9.92. The first kappa shape index (κ1) is 19.2. The first-order chi connectivity index (χ1) is 14.0. The number of hydrogen-bond donors (Lipinski definition) is 2. The van der Waals surface area contributed by atoms with Gasteiger partial charge in [-0.2, -0.15) is 0 Å². The zero-order valence-electron chi connectivity index (χ0n) is 15.6. The van der Waals surface area contributed by atoms with Gasteiger partial charge in [-0.25, -0.2) is 0 Å². The monoisotopic (exact) mass is 446 g/mol. The van der Waals surface area contributed by atoms with E-state index in [0.717, 1.165) is 31.6 Å². The molecule has 29 heavy (non-hydrogen) atoms. The average Bonchev–Trinajstić information content (AvgIpc) is 2.72. The summed E-state index contributed by atoms with van der Waals surface area (Å²) in [5.41, 5.74) is 7.13. The largest absolute Gasteiger partial charge is 0.368 e. The highest BCUT2D eigenvalue weighted by molar-refractivity contribution is 9.10. The molecule has 5 heteroatoms. The van der Waals surface area contributed by atoms with Crippen LogP contribution in [0, 0.1) is 0 Å². The van der Waals surface area contributed by atoms with Crippen molar-refractivity contribution in [3.8, 4) is 0 Å². The number of benzene rings is 4. The molecule has 0 heterocycles. The summed E-state index contributed by atoms with van der Waals surface area (Å²) in [6, 6.07) is 24.4. The van der Waals surface area contributed by atoms with Crippen LogP contribution >= 0.6 is 15.9 Å². The number of primary amides is 1. The Morgan fingerprint density at radius 1 is 0.862 bits per heavy atom. The molecule has 4 rings (SSSR count). The zero-order valence-corrected chi connectivity index (χ0v) is 17.1. The lowest BCUT2D eigenvalue weighted by molar-refractivity contribution is -0.119. The van der Waals surface area contributed by atoms with E-state index in [1.807, 2.05) is 54.6 Å². The number of halogens is 1. The van der Waals surface area contributed by atoms with E-state index in [1.165, 1.54) is 0 Å². The molecule has 0 aliphatic rings. The van der Waals surface area contributed by atoms with E-state index in [0.29, 0.717) is 12.0 Å². The molecule has 3 N–H and O–H groups in total. The molecule has 4 nitrogen and oxygen atoms in total. The molecule has 144 valence electrons. The van der Waals surface area contributed by atoms with Gasteiger partial charge in [0.25, 0.3) is 5.91 Å². The Hall–Kier alpha value is -3.18. The van der Waals surface area contributed by atoms with Crippen LogP contribution in [0.15, 0.2) is 83.3 Å². The molecule has 0 aromatic heterocycles. The molecule has 0 fully saturated rings. The van der Waals surface area contributed by atoms with Gasteiger partial charge in [0.2, 0.25) is 5.91 Å². The molecular formula is C24H19BrN2O2. The first-order valence-corrected chi connectivity index (χ1v) is 10.1. The predicted octanol–water partition coefficient (Wildman–Crippen LogP) is 4.58. The molecule has 0 aliphatic heterocycles. The second-order valence-electron chi connectivity index (χ2n) is 6.94. The minimum absolute atomic E-state index is 0.316. The predicted molar refractivity (Wildman–Crippen MR) is 120 cm³/mol. The molecule has 0 spiro atoms. The maximum Gasteiger partial charge on any atom is 0.251 e. The Kier molecular flexibility index (Phi) is 5.32. The van der Waals surface area contributed by atoms with Crippen molar-refractivity contribution in [1.29, 1.82) is 0 Å². The molecule has 1 atom stereocenters. The van der Waals surface area contributed by atoms with Crippen LogP contribution in [0.2, 0.25) is 0 Å². The standard InChI is InChI=1S/C24H19BrN2O2/c25-18-9-5-8-17(13-18)24(29)27-22(23(26)28)14-21-19-10-3-1-6-15(19)12-16-7-2-4-11-20(16)21/h1-13,22H,14H2,(H2,26,28)(H,27,29)/t22-/m1/s1. The Labute approximate surface area is 176 Å². The third-order valence-corrected chi connectivity index (χ3v) is 5.52. The smallest absolute Gasteiger partial charge is 0.251 e. The summed E-state index contributed by atoms with van der Waals surface area (Å²) < 4.78 is 0.792. The average molecular weight is 447 g/mol. The number of fused-ring (bicyclic) bond motifs is 2. The fraction of sp³-hybridized carbons (Fsp3) is 0.0833. The van der Waals surface area contributed by atoms with Gasteiger partial charge in [0.1, 0.15) is 6.04 Å². The molecule has 4 aromatic carbocycles. The number of carbonyl (C=O) groups excluding carboxylic acids is 2. The van der Waals surface area contributed by atoms with Gasteiger partial charge in [-0.1, -0.05) is 70.5 Å². The molecular weight excluding hydrogens is 428 g/mol. The van der Waals surface area contributed by atoms with Gasteiger partial charge < -0.3 is 11.1 Å². The van der Waals surface area contributed by atoms with Crippen LogP contribution in [0.5, 0.6) is 0 Å². The number of nitrogens with one attached hydrogen (secondary N) is 1. The number of carbonyl (C=O) groups is 2. The SMILES string of the molecule is NC(=O)[C@@H](Cc1c2ccccc2cc2ccccc12)NC(=O)c1cccc(Br)c1. The lowest BCUT2D eigenvalue weighted by Gasteiger charge is -2.19. The highest BCUT2D eigenvalue weighted by Gasteiger charge is 2.22. The van der Waals surface area contributed by atoms with Crippen LogP contribution in [0.25, 0.3) is 21.5 Å². The highest BCUT2D eigenvalue weighted by Crippen LogP contribution is 2.29. The lowest BCUT2D eigenvalue weighted by Crippen LogP contribution is -2.45. The van der Waals surface area contributed by atoms with E-state index in [9.17, 15) is 9.59 Å². The van der Waals surface area contributed by atoms with Crippen LogP contribution < -0.4 is 11.1 Å². The van der Waals surface area contributed by atoms with Crippen molar-refractivity contribution in [2.45, 2.75) is 12.5 Å². The van der Waals surface area contributed by atoms with Crippen molar-refractivity contribution in [2.24, 2.45) is 5.73 Å². The van der Waals surface area contributed by atoms with Gasteiger partial charge in [0.15, 0.2) is 0 Å². The fourth-order valence-electron chi connectivity index (χ4n) is 3.63. The molecule has 0 bridgehead atoms. The number of nitrogens with two attached hydrogens (primary N) is 1. The fourth-order valence-corrected chi connectivity index (χ4v) is 4.03. The van der Waals surface area contributed by atoms with Gasteiger partial charge in [0.05, 0.1) is 0 Å². The summed E-state index contributed by atoms with van der Waals surface area (Å²) in [6.45, 7) is 0. The summed E-state index contributed by atoms with van der Waals surface area (Å²) in [5.74, 6) is -0.898. The highest BCUT2D eigenvalue weighted by atomic mass is 79.9. The summed E-state index contributed by atoms with van der Waals surface area (Å²) in [5, 5.41) is 7.08. The Morgan fingerprint density at radius 3 is 2.07 bits per heavy atom. The molecule has 0 saturated carbocycles. The molecule has 4 aromatic rings. The topological polar surface area (TPSA) is 72.2 Å². The van der Waals surface area contributed by atoms with Crippen molar-refractivity contribution >= 4 is 49.3 Å². The minimum Gasteiger partial charge on any atom is -0.368 e. The van der Waals surface area contributed by atoms with Crippen LogP contribution in [0.1, 0.15) is 15.9 Å². The van der Waals surface area contributed by atoms with Gasteiger partial charge in [-0.15, -0.1) is 0 Å². The molecule has 2 amide bonds. The molecule has 0 unspecified atom stereocenters. The first-order valence-electron chi connectivity index (χ1n) is 9.28. The van der Waals surface area contributed by atoms with Crippen LogP contribution in [0.4, 0.5) is 0 Å². The number of amides is 2. The van der Waals surface area contributed by atoms with E-state index >= 15 is 0 Å². The van der Waals surface area contributed by atoms with E-state index in [1.54, 1.807) is 18.2 Å². The van der Waals surface area contributed by atoms with Crippen LogP contribution in [-0.2, 0) is 11.2 Å². The van der Waals surface area contributed by atoms with Crippen molar-refractivity contribution in [3.63, 3.8) is 0 Å². The maximum absolute atomic E-state index is 12.7. The second-order valence-corrected chi connectivity index (χ2v) is 7.86. The van der Waals surface area contributed by atoms with E-state index < -0.39 is 11.9 Å². The number of hydrogen-bond acceptors (Lipinski definition) is 2. The summed E-state index contributed by atoms with van der Waals surface area (Å²) in [4.78, 5) is 24.9. The third kappa shape index (κ3) is 4.00. The van der Waals surface area contributed by atoms with Gasteiger partial charge >= 0.3 is 0 Å². The minimum atomic E-state index is -0.823. The maximum atomic E-state index is 12.7. The van der Waals surface area contributed by atoms with Crippen molar-refractivity contribution in [1.82, 2.24) is 5.32 Å². The normalized spacial score (nSPS) is 12.0. The van der Waals surface area contributed by atoms with Crippen molar-refractivity contribution in [3.05, 3.63) is 94.5 Å². The number of rotatable bonds is 5. The Bertz CT molecular complexity index is 1180. The summed E-state index contributed by atoms with van der Waals surface area (Å²) in [7, 11) is 0. The zero-order chi connectivity index (χ0) is 20.4. The molecule has 0 saturated heterocycles. The third-order valence-electron chi connectivity index (χ3n) is 5.03.